The highest BCUT2D eigenvalue weighted by atomic mass is 79.9. The van der Waals surface area contributed by atoms with Gasteiger partial charge in [-0.2, -0.15) is 26.3 Å². The Morgan fingerprint density at radius 2 is 1.03 bits per heavy atom. The molecule has 0 aliphatic rings. The first-order valence-corrected chi connectivity index (χ1v) is 9.98. The summed E-state index contributed by atoms with van der Waals surface area (Å²) < 4.78 is 85.1. The number of amides is 2. The lowest BCUT2D eigenvalue weighted by Gasteiger charge is -2.38. The number of benzene rings is 2. The summed E-state index contributed by atoms with van der Waals surface area (Å²) in [4.78, 5) is 22.4. The number of hydrogen-bond acceptors (Lipinski definition) is 2. The molecular formula is C19H14Br2F6N2O2. The Morgan fingerprint density at radius 3 is 1.26 bits per heavy atom. The number of anilines is 2. The molecule has 0 radical (unpaired) electrons. The van der Waals surface area contributed by atoms with E-state index in [1.165, 1.54) is 0 Å². The maximum Gasteiger partial charge on any atom is 0.411 e. The zero-order valence-corrected chi connectivity index (χ0v) is 19.0. The van der Waals surface area contributed by atoms with E-state index in [2.05, 4.69) is 42.5 Å². The predicted octanol–water partition coefficient (Wildman–Crippen LogP) is 6.54. The molecular weight excluding hydrogens is 562 g/mol. The third kappa shape index (κ3) is 4.89. The molecule has 168 valence electrons. The summed E-state index contributed by atoms with van der Waals surface area (Å²) in [6, 6.07) is 4.56. The fourth-order valence-corrected chi connectivity index (χ4v) is 4.02. The van der Waals surface area contributed by atoms with Gasteiger partial charge in [0.2, 0.25) is 17.2 Å². The summed E-state index contributed by atoms with van der Waals surface area (Å²) in [5.74, 6) is -1.10. The van der Waals surface area contributed by atoms with Crippen LogP contribution in [0.3, 0.4) is 0 Å². The van der Waals surface area contributed by atoms with Crippen LogP contribution < -0.4 is 10.6 Å². The zero-order valence-electron chi connectivity index (χ0n) is 15.8. The van der Waals surface area contributed by atoms with Crippen LogP contribution >= 0.6 is 31.9 Å². The minimum absolute atomic E-state index is 0.0108. The second-order valence-electron chi connectivity index (χ2n) is 6.50. The van der Waals surface area contributed by atoms with Gasteiger partial charge in [0.15, 0.2) is 0 Å². The van der Waals surface area contributed by atoms with E-state index in [4.69, 9.17) is 0 Å². The normalized spacial score (nSPS) is 12.5. The third-order valence-corrected chi connectivity index (χ3v) is 5.59. The SMILES string of the molecule is CC(=O)Nc1ccc(C(c2ccc(NC(C)=O)c(Br)c2)(C(F)(F)F)C(F)(F)F)cc1Br. The van der Waals surface area contributed by atoms with Gasteiger partial charge in [0.05, 0.1) is 11.4 Å². The van der Waals surface area contributed by atoms with E-state index >= 15 is 0 Å². The molecule has 2 aromatic carbocycles. The van der Waals surface area contributed by atoms with Crippen LogP contribution in [0.2, 0.25) is 0 Å². The molecule has 0 saturated carbocycles. The van der Waals surface area contributed by atoms with E-state index in [0.29, 0.717) is 24.3 Å². The van der Waals surface area contributed by atoms with Crippen LogP contribution in [-0.2, 0) is 15.0 Å². The number of hydrogen-bond donors (Lipinski definition) is 2. The first-order valence-electron chi connectivity index (χ1n) is 8.40. The number of alkyl halides is 6. The van der Waals surface area contributed by atoms with Crippen LogP contribution in [0, 0.1) is 0 Å². The summed E-state index contributed by atoms with van der Waals surface area (Å²) >= 11 is 5.84. The summed E-state index contributed by atoms with van der Waals surface area (Å²) in [6.07, 6.45) is -11.6. The van der Waals surface area contributed by atoms with Crippen molar-refractivity contribution in [3.8, 4) is 0 Å². The lowest BCUT2D eigenvalue weighted by molar-refractivity contribution is -0.288. The number of nitrogens with one attached hydrogen (secondary N) is 2. The van der Waals surface area contributed by atoms with Gasteiger partial charge >= 0.3 is 12.4 Å². The van der Waals surface area contributed by atoms with Crippen LogP contribution in [-0.4, -0.2) is 24.2 Å². The molecule has 0 atom stereocenters. The van der Waals surface area contributed by atoms with E-state index in [-0.39, 0.29) is 20.3 Å². The third-order valence-electron chi connectivity index (χ3n) is 4.28. The monoisotopic (exact) mass is 574 g/mol. The minimum atomic E-state index is -5.78. The van der Waals surface area contributed by atoms with Gasteiger partial charge in [0.25, 0.3) is 0 Å². The average molecular weight is 576 g/mol. The smallest absolute Gasteiger partial charge is 0.325 e. The Labute approximate surface area is 189 Å². The molecule has 0 aliphatic heterocycles. The van der Waals surface area contributed by atoms with E-state index in [1.54, 1.807) is 0 Å². The molecule has 31 heavy (non-hydrogen) atoms. The van der Waals surface area contributed by atoms with Crippen molar-refractivity contribution in [3.05, 3.63) is 56.5 Å². The molecule has 0 spiro atoms. The highest BCUT2D eigenvalue weighted by Gasteiger charge is 2.72. The molecule has 4 nitrogen and oxygen atoms in total. The second-order valence-corrected chi connectivity index (χ2v) is 8.21. The molecule has 0 aromatic heterocycles. The van der Waals surface area contributed by atoms with Crippen molar-refractivity contribution in [2.45, 2.75) is 31.6 Å². The van der Waals surface area contributed by atoms with Crippen LogP contribution in [0.4, 0.5) is 37.7 Å². The number of halogens is 8. The Bertz CT molecular complexity index is 940. The van der Waals surface area contributed by atoms with Gasteiger partial charge in [-0.3, -0.25) is 9.59 Å². The van der Waals surface area contributed by atoms with Crippen LogP contribution in [0.15, 0.2) is 45.3 Å². The molecule has 0 fully saturated rings. The van der Waals surface area contributed by atoms with Crippen molar-refractivity contribution in [1.82, 2.24) is 0 Å². The maximum atomic E-state index is 14.2. The van der Waals surface area contributed by atoms with E-state index in [0.717, 1.165) is 26.0 Å². The Hall–Kier alpha value is -2.08. The maximum absolute atomic E-state index is 14.2. The molecule has 0 bridgehead atoms. The van der Waals surface area contributed by atoms with Crippen LogP contribution in [0.1, 0.15) is 25.0 Å². The lowest BCUT2D eigenvalue weighted by Crippen LogP contribution is -2.54. The van der Waals surface area contributed by atoms with Crippen LogP contribution in [0.5, 0.6) is 0 Å². The average Bonchev–Trinajstić information content (AvgIpc) is 2.57. The Balaban J connectivity index is 2.84. The quantitative estimate of drug-likeness (QED) is 0.407. The molecule has 2 amide bonds. The molecule has 2 rings (SSSR count). The van der Waals surface area contributed by atoms with Crippen molar-refractivity contribution in [2.24, 2.45) is 0 Å². The first-order chi connectivity index (χ1) is 14.1. The highest BCUT2D eigenvalue weighted by molar-refractivity contribution is 9.11. The summed E-state index contributed by atoms with van der Waals surface area (Å²) in [5, 5.41) is 4.62. The molecule has 2 aromatic rings. The van der Waals surface area contributed by atoms with E-state index in [1.807, 2.05) is 0 Å². The van der Waals surface area contributed by atoms with Crippen molar-refractivity contribution in [2.75, 3.05) is 10.6 Å². The lowest BCUT2D eigenvalue weighted by atomic mass is 9.73. The summed E-state index contributed by atoms with van der Waals surface area (Å²) in [5.41, 5.74) is -6.57. The van der Waals surface area contributed by atoms with Gasteiger partial charge < -0.3 is 10.6 Å². The molecule has 0 saturated heterocycles. The van der Waals surface area contributed by atoms with Crippen molar-refractivity contribution in [3.63, 3.8) is 0 Å². The largest absolute Gasteiger partial charge is 0.411 e. The Morgan fingerprint density at radius 1 is 0.710 bits per heavy atom. The molecule has 0 heterocycles. The number of carbonyl (C=O) groups is 2. The van der Waals surface area contributed by atoms with Gasteiger partial charge in [0.1, 0.15) is 0 Å². The minimum Gasteiger partial charge on any atom is -0.325 e. The molecule has 12 heteroatoms. The zero-order chi connectivity index (χ0) is 23.8. The summed E-state index contributed by atoms with van der Waals surface area (Å²) in [6.45, 7) is 2.29. The van der Waals surface area contributed by atoms with Gasteiger partial charge in [-0.15, -0.1) is 0 Å². The molecule has 0 aliphatic carbocycles. The highest BCUT2D eigenvalue weighted by Crippen LogP contribution is 2.57. The molecule has 0 unspecified atom stereocenters. The van der Waals surface area contributed by atoms with Gasteiger partial charge in [-0.05, 0) is 67.3 Å². The van der Waals surface area contributed by atoms with Gasteiger partial charge in [0, 0.05) is 22.8 Å². The Kier molecular flexibility index (Phi) is 7.16. The topological polar surface area (TPSA) is 58.2 Å². The number of carbonyl (C=O) groups excluding carboxylic acids is 2. The summed E-state index contributed by atoms with van der Waals surface area (Å²) in [7, 11) is 0. The van der Waals surface area contributed by atoms with Crippen molar-refractivity contribution in [1.29, 1.82) is 0 Å². The van der Waals surface area contributed by atoms with Crippen molar-refractivity contribution < 1.29 is 35.9 Å². The fourth-order valence-electron chi connectivity index (χ4n) is 3.06. The standard InChI is InChI=1S/C19H14Br2F6N2O2/c1-9(30)28-15-5-3-11(7-13(15)20)17(18(22,23)24,19(25,26)27)12-4-6-16(14(21)8-12)29-10(2)31/h3-8H,1-2H3,(H,28,30)(H,29,31). The van der Waals surface area contributed by atoms with E-state index in [9.17, 15) is 35.9 Å². The fraction of sp³-hybridized carbons (Fsp3) is 0.263. The van der Waals surface area contributed by atoms with Crippen molar-refractivity contribution >= 4 is 55.0 Å². The molecule has 2 N–H and O–H groups in total. The van der Waals surface area contributed by atoms with Crippen LogP contribution in [0.25, 0.3) is 0 Å². The predicted molar refractivity (Wildman–Crippen MR) is 110 cm³/mol. The van der Waals surface area contributed by atoms with E-state index < -0.39 is 40.7 Å². The second kappa shape index (κ2) is 8.81. The van der Waals surface area contributed by atoms with Gasteiger partial charge in [-0.1, -0.05) is 12.1 Å². The number of rotatable bonds is 4. The van der Waals surface area contributed by atoms with Gasteiger partial charge in [-0.25, -0.2) is 0 Å². The first kappa shape index (κ1) is 25.2.